The fraction of sp³-hybridized carbons (Fsp3) is 0.458. The van der Waals surface area contributed by atoms with Crippen LogP contribution in [0.4, 0.5) is 5.69 Å². The third-order valence-electron chi connectivity index (χ3n) is 4.97. The second kappa shape index (κ2) is 11.6. The highest BCUT2D eigenvalue weighted by Crippen LogP contribution is 2.39. The predicted octanol–water partition coefficient (Wildman–Crippen LogP) is 2.48. The molecule has 0 radical (unpaired) electrons. The van der Waals surface area contributed by atoms with Crippen LogP contribution in [0.2, 0.25) is 0 Å². The number of ether oxygens (including phenoxy) is 3. The molecule has 190 valence electrons. The van der Waals surface area contributed by atoms with Gasteiger partial charge in [0, 0.05) is 36.2 Å². The van der Waals surface area contributed by atoms with Crippen LogP contribution in [0.3, 0.4) is 0 Å². The highest BCUT2D eigenvalue weighted by Gasteiger charge is 2.38. The lowest BCUT2D eigenvalue weighted by Gasteiger charge is -2.31. The Hall–Kier alpha value is -3.73. The Bertz CT molecular complexity index is 1070. The number of nitro groups is 1. The lowest BCUT2D eigenvalue weighted by Crippen LogP contribution is -2.39. The molecule has 0 saturated heterocycles. The van der Waals surface area contributed by atoms with Crippen molar-refractivity contribution in [1.82, 2.24) is 10.6 Å². The van der Waals surface area contributed by atoms with Gasteiger partial charge in [-0.1, -0.05) is 12.1 Å². The first-order chi connectivity index (χ1) is 16.4. The third kappa shape index (κ3) is 7.38. The maximum absolute atomic E-state index is 13.3. The van der Waals surface area contributed by atoms with Gasteiger partial charge in [0.15, 0.2) is 0 Å². The molecule has 1 amide bonds. The summed E-state index contributed by atoms with van der Waals surface area (Å²) in [4.78, 5) is 49.3. The molecule has 0 saturated carbocycles. The number of amides is 1. The quantitative estimate of drug-likeness (QED) is 0.231. The molecule has 2 N–H and O–H groups in total. The van der Waals surface area contributed by atoms with Crippen molar-refractivity contribution < 1.29 is 33.5 Å². The van der Waals surface area contributed by atoms with Gasteiger partial charge in [-0.25, -0.2) is 4.79 Å². The summed E-state index contributed by atoms with van der Waals surface area (Å²) in [6, 6.07) is 5.69. The summed E-state index contributed by atoms with van der Waals surface area (Å²) in [6.07, 6.45) is 0. The molecule has 0 unspecified atom stereocenters. The van der Waals surface area contributed by atoms with Crippen LogP contribution in [-0.2, 0) is 28.6 Å². The van der Waals surface area contributed by atoms with E-state index in [4.69, 9.17) is 14.2 Å². The molecule has 0 spiro atoms. The minimum absolute atomic E-state index is 0.0172. The highest BCUT2D eigenvalue weighted by molar-refractivity contribution is 6.02. The van der Waals surface area contributed by atoms with Crippen LogP contribution in [0.5, 0.6) is 0 Å². The van der Waals surface area contributed by atoms with E-state index in [-0.39, 0.29) is 30.0 Å². The number of nitrogens with one attached hydrogen (secondary N) is 2. The summed E-state index contributed by atoms with van der Waals surface area (Å²) in [5, 5.41) is 16.9. The number of rotatable bonds is 9. The van der Waals surface area contributed by atoms with Gasteiger partial charge in [-0.3, -0.25) is 19.7 Å². The van der Waals surface area contributed by atoms with Crippen molar-refractivity contribution in [2.75, 3.05) is 26.9 Å². The van der Waals surface area contributed by atoms with Gasteiger partial charge in [0.2, 0.25) is 5.91 Å². The van der Waals surface area contributed by atoms with Crippen LogP contribution >= 0.6 is 0 Å². The zero-order valence-electron chi connectivity index (χ0n) is 20.7. The third-order valence-corrected chi connectivity index (χ3v) is 4.97. The van der Waals surface area contributed by atoms with Crippen LogP contribution in [0, 0.1) is 10.1 Å². The first-order valence-corrected chi connectivity index (χ1v) is 10.9. The van der Waals surface area contributed by atoms with E-state index in [2.05, 4.69) is 10.6 Å². The number of esters is 2. The number of nitro benzene ring substituents is 1. The van der Waals surface area contributed by atoms with Gasteiger partial charge in [-0.15, -0.1) is 0 Å². The molecule has 11 nitrogen and oxygen atoms in total. The van der Waals surface area contributed by atoms with Gasteiger partial charge >= 0.3 is 11.9 Å². The molecule has 0 bridgehead atoms. The topological polar surface area (TPSA) is 146 Å². The van der Waals surface area contributed by atoms with Gasteiger partial charge < -0.3 is 24.8 Å². The first kappa shape index (κ1) is 27.5. The Morgan fingerprint density at radius 2 is 1.77 bits per heavy atom. The van der Waals surface area contributed by atoms with Crippen molar-refractivity contribution in [3.05, 3.63) is 62.5 Å². The number of hydrogen-bond acceptors (Lipinski definition) is 9. The normalized spacial score (nSPS) is 15.9. The summed E-state index contributed by atoms with van der Waals surface area (Å²) < 4.78 is 15.5. The number of methoxy groups -OCH3 is 1. The van der Waals surface area contributed by atoms with E-state index < -0.39 is 40.8 Å². The summed E-state index contributed by atoms with van der Waals surface area (Å²) >= 11 is 0. The number of carbonyl (C=O) groups excluding carboxylic acids is 3. The molecule has 1 aromatic carbocycles. The Morgan fingerprint density at radius 1 is 1.11 bits per heavy atom. The number of allylic oxidation sites excluding steroid dienone is 2. The zero-order chi connectivity index (χ0) is 26.3. The van der Waals surface area contributed by atoms with Gasteiger partial charge in [0.25, 0.3) is 5.69 Å². The Balaban J connectivity index is 2.48. The van der Waals surface area contributed by atoms with Crippen LogP contribution in [0.1, 0.15) is 46.1 Å². The van der Waals surface area contributed by atoms with Crippen LogP contribution in [0.25, 0.3) is 0 Å². The number of non-ortho nitro benzene ring substituents is 1. The van der Waals surface area contributed by atoms with E-state index >= 15 is 0 Å². The molecule has 0 aliphatic carbocycles. The SMILES string of the molecule is COCCOC(=O)C1=C(C)NC(C)=C(C(=O)NCC(=O)OC(C)(C)C)[C@@H]1c1cccc([N+](=O)[O-])c1. The van der Waals surface area contributed by atoms with E-state index in [1.54, 1.807) is 40.7 Å². The van der Waals surface area contributed by atoms with E-state index in [9.17, 15) is 24.5 Å². The first-order valence-electron chi connectivity index (χ1n) is 10.9. The Labute approximate surface area is 203 Å². The summed E-state index contributed by atoms with van der Waals surface area (Å²) in [5.74, 6) is -2.95. The number of benzene rings is 1. The zero-order valence-corrected chi connectivity index (χ0v) is 20.7. The molecule has 1 aliphatic rings. The summed E-state index contributed by atoms with van der Waals surface area (Å²) in [7, 11) is 1.46. The number of dihydropyridines is 1. The largest absolute Gasteiger partial charge is 0.460 e. The molecule has 0 fully saturated rings. The van der Waals surface area contributed by atoms with E-state index in [1.807, 2.05) is 0 Å². The van der Waals surface area contributed by atoms with Gasteiger partial charge in [0.05, 0.1) is 23.0 Å². The molecule has 1 aliphatic heterocycles. The van der Waals surface area contributed by atoms with Gasteiger partial charge in [-0.05, 0) is 40.2 Å². The lowest BCUT2D eigenvalue weighted by atomic mass is 9.80. The fourth-order valence-corrected chi connectivity index (χ4v) is 3.64. The van der Waals surface area contributed by atoms with Gasteiger partial charge in [0.1, 0.15) is 18.8 Å². The lowest BCUT2D eigenvalue weighted by molar-refractivity contribution is -0.384. The van der Waals surface area contributed by atoms with Crippen molar-refractivity contribution in [1.29, 1.82) is 0 Å². The maximum Gasteiger partial charge on any atom is 0.336 e. The molecule has 35 heavy (non-hydrogen) atoms. The summed E-state index contributed by atoms with van der Waals surface area (Å²) in [5.41, 5.74) is 0.526. The minimum atomic E-state index is -0.982. The van der Waals surface area contributed by atoms with E-state index in [1.165, 1.54) is 25.3 Å². The monoisotopic (exact) mass is 489 g/mol. The molecule has 11 heteroatoms. The summed E-state index contributed by atoms with van der Waals surface area (Å²) in [6.45, 7) is 8.17. The standard InChI is InChI=1S/C24H31N3O8/c1-14-19(22(29)25-13-18(28)35-24(3,4)5)21(16-8-7-9-17(12-16)27(31)32)20(15(2)26-14)23(30)34-11-10-33-6/h7-9,12,21,26H,10-11,13H2,1-6H3,(H,25,29)/t21-/m0/s1. The molecule has 1 atom stereocenters. The maximum atomic E-state index is 13.3. The highest BCUT2D eigenvalue weighted by atomic mass is 16.6. The van der Waals surface area contributed by atoms with Crippen molar-refractivity contribution in [2.45, 2.75) is 46.1 Å². The van der Waals surface area contributed by atoms with Crippen LogP contribution in [-0.4, -0.2) is 55.2 Å². The van der Waals surface area contributed by atoms with Crippen LogP contribution < -0.4 is 10.6 Å². The molecule has 1 heterocycles. The molecular weight excluding hydrogens is 458 g/mol. The predicted molar refractivity (Wildman–Crippen MR) is 126 cm³/mol. The number of hydrogen-bond donors (Lipinski definition) is 2. The number of nitrogens with zero attached hydrogens (tertiary/aromatic N) is 1. The van der Waals surface area contributed by atoms with Crippen LogP contribution in [0.15, 0.2) is 46.8 Å². The molecular formula is C24H31N3O8. The van der Waals surface area contributed by atoms with Gasteiger partial charge in [-0.2, -0.15) is 0 Å². The van der Waals surface area contributed by atoms with Crippen molar-refractivity contribution in [2.24, 2.45) is 0 Å². The number of carbonyl (C=O) groups is 3. The smallest absolute Gasteiger partial charge is 0.336 e. The van der Waals surface area contributed by atoms with Crippen molar-refractivity contribution in [3.63, 3.8) is 0 Å². The average Bonchev–Trinajstić information content (AvgIpc) is 2.76. The van der Waals surface area contributed by atoms with Crippen molar-refractivity contribution >= 4 is 23.5 Å². The van der Waals surface area contributed by atoms with Crippen molar-refractivity contribution in [3.8, 4) is 0 Å². The average molecular weight is 490 g/mol. The van der Waals surface area contributed by atoms with E-state index in [0.717, 1.165) is 0 Å². The molecule has 0 aromatic heterocycles. The second-order valence-corrected chi connectivity index (χ2v) is 8.89. The fourth-order valence-electron chi connectivity index (χ4n) is 3.64. The minimum Gasteiger partial charge on any atom is -0.460 e. The Kier molecular flexibility index (Phi) is 9.12. The van der Waals surface area contributed by atoms with E-state index in [0.29, 0.717) is 17.0 Å². The second-order valence-electron chi connectivity index (χ2n) is 8.89. The Morgan fingerprint density at radius 3 is 2.37 bits per heavy atom. The molecule has 2 rings (SSSR count). The molecule has 1 aromatic rings.